The Hall–Kier alpha value is -1.19. The van der Waals surface area contributed by atoms with Gasteiger partial charge in [0.25, 0.3) is 0 Å². The summed E-state index contributed by atoms with van der Waals surface area (Å²) in [5.74, 6) is 0.167. The van der Waals surface area contributed by atoms with E-state index in [2.05, 4.69) is 6.92 Å². The molecule has 0 bridgehead atoms. The summed E-state index contributed by atoms with van der Waals surface area (Å²) in [5.41, 5.74) is 2.08. The molecule has 0 aromatic heterocycles. The van der Waals surface area contributed by atoms with Crippen LogP contribution >= 0.6 is 0 Å². The minimum Gasteiger partial charge on any atom is -0.353 e. The lowest BCUT2D eigenvalue weighted by Gasteiger charge is -2.22. The molecule has 1 aliphatic heterocycles. The van der Waals surface area contributed by atoms with Crippen LogP contribution in [0.25, 0.3) is 0 Å². The van der Waals surface area contributed by atoms with Gasteiger partial charge in [-0.1, -0.05) is 37.6 Å². The fourth-order valence-corrected chi connectivity index (χ4v) is 2.24. The van der Waals surface area contributed by atoms with Gasteiger partial charge in [-0.05, 0) is 18.4 Å². The first-order chi connectivity index (χ1) is 9.29. The Bertz CT molecular complexity index is 391. The molecule has 19 heavy (non-hydrogen) atoms. The largest absolute Gasteiger partial charge is 0.353 e. The summed E-state index contributed by atoms with van der Waals surface area (Å²) in [6.45, 7) is 3.64. The van der Waals surface area contributed by atoms with Gasteiger partial charge < -0.3 is 9.47 Å². The van der Waals surface area contributed by atoms with E-state index in [1.54, 1.807) is 0 Å². The van der Waals surface area contributed by atoms with Crippen LogP contribution in [0.4, 0.5) is 0 Å². The molecule has 0 aliphatic carbocycles. The quantitative estimate of drug-likeness (QED) is 0.737. The average Bonchev–Trinajstić information content (AvgIpc) is 2.47. The van der Waals surface area contributed by atoms with Crippen LogP contribution in [-0.4, -0.2) is 25.3 Å². The minimum absolute atomic E-state index is 0.167. The van der Waals surface area contributed by atoms with Crippen LogP contribution in [0, 0.1) is 0 Å². The number of aryl methyl sites for hydroxylation is 1. The van der Waals surface area contributed by atoms with Crippen LogP contribution in [0.1, 0.15) is 48.5 Å². The number of Topliss-reactive ketones (excluding diaryl/α,β-unsaturated/α-hetero) is 1. The van der Waals surface area contributed by atoms with Gasteiger partial charge >= 0.3 is 0 Å². The van der Waals surface area contributed by atoms with Crippen molar-refractivity contribution in [2.75, 3.05) is 13.2 Å². The van der Waals surface area contributed by atoms with Gasteiger partial charge in [0.1, 0.15) is 0 Å². The SMILES string of the molecule is CCCc1ccc(C(=O)CCC2OCCCO2)cc1. The van der Waals surface area contributed by atoms with Crippen LogP contribution in [0.5, 0.6) is 0 Å². The fraction of sp³-hybridized carbons (Fsp3) is 0.562. The third kappa shape index (κ3) is 4.44. The fourth-order valence-electron chi connectivity index (χ4n) is 2.24. The molecular weight excluding hydrogens is 240 g/mol. The predicted octanol–water partition coefficient (Wildman–Crippen LogP) is 3.37. The van der Waals surface area contributed by atoms with E-state index < -0.39 is 0 Å². The molecule has 1 aliphatic rings. The molecule has 0 atom stereocenters. The van der Waals surface area contributed by atoms with E-state index in [9.17, 15) is 4.79 Å². The lowest BCUT2D eigenvalue weighted by Crippen LogP contribution is -2.25. The molecule has 0 amide bonds. The maximum Gasteiger partial charge on any atom is 0.163 e. The topological polar surface area (TPSA) is 35.5 Å². The first-order valence-corrected chi connectivity index (χ1v) is 7.15. The molecule has 0 N–H and O–H groups in total. The zero-order chi connectivity index (χ0) is 13.5. The molecule has 1 fully saturated rings. The molecule has 1 saturated heterocycles. The van der Waals surface area contributed by atoms with Gasteiger partial charge in [-0.2, -0.15) is 0 Å². The number of carbonyl (C=O) groups is 1. The Balaban J connectivity index is 1.81. The lowest BCUT2D eigenvalue weighted by molar-refractivity contribution is -0.180. The number of ether oxygens (including phenoxy) is 2. The molecule has 0 saturated carbocycles. The first-order valence-electron chi connectivity index (χ1n) is 7.15. The van der Waals surface area contributed by atoms with Gasteiger partial charge in [-0.15, -0.1) is 0 Å². The number of ketones is 1. The van der Waals surface area contributed by atoms with Gasteiger partial charge in [0, 0.05) is 18.4 Å². The second-order valence-electron chi connectivity index (χ2n) is 4.93. The van der Waals surface area contributed by atoms with Crippen LogP contribution in [0.2, 0.25) is 0 Å². The van der Waals surface area contributed by atoms with E-state index in [1.807, 2.05) is 24.3 Å². The molecule has 0 spiro atoms. The number of carbonyl (C=O) groups excluding carboxylic acids is 1. The van der Waals surface area contributed by atoms with Gasteiger partial charge in [0.15, 0.2) is 12.1 Å². The molecule has 0 unspecified atom stereocenters. The van der Waals surface area contributed by atoms with E-state index in [4.69, 9.17) is 9.47 Å². The average molecular weight is 262 g/mol. The van der Waals surface area contributed by atoms with Crippen LogP contribution < -0.4 is 0 Å². The molecule has 2 rings (SSSR count). The summed E-state index contributed by atoms with van der Waals surface area (Å²) < 4.78 is 10.9. The Morgan fingerprint density at radius 1 is 1.21 bits per heavy atom. The molecule has 1 aromatic rings. The third-order valence-corrected chi connectivity index (χ3v) is 3.32. The monoisotopic (exact) mass is 262 g/mol. The number of hydrogen-bond donors (Lipinski definition) is 0. The summed E-state index contributed by atoms with van der Waals surface area (Å²) in [6, 6.07) is 7.94. The van der Waals surface area contributed by atoms with Crippen molar-refractivity contribution in [1.82, 2.24) is 0 Å². The zero-order valence-electron chi connectivity index (χ0n) is 11.6. The van der Waals surface area contributed by atoms with Crippen molar-refractivity contribution in [3.63, 3.8) is 0 Å². The highest BCUT2D eigenvalue weighted by Gasteiger charge is 2.16. The molecule has 3 nitrogen and oxygen atoms in total. The molecule has 3 heteroatoms. The third-order valence-electron chi connectivity index (χ3n) is 3.32. The Labute approximate surface area is 114 Å². The van der Waals surface area contributed by atoms with Crippen molar-refractivity contribution in [3.8, 4) is 0 Å². The van der Waals surface area contributed by atoms with Crippen molar-refractivity contribution < 1.29 is 14.3 Å². The van der Waals surface area contributed by atoms with E-state index in [-0.39, 0.29) is 12.1 Å². The summed E-state index contributed by atoms with van der Waals surface area (Å²) in [7, 11) is 0. The molecule has 1 heterocycles. The second kappa shape index (κ2) is 7.41. The van der Waals surface area contributed by atoms with Gasteiger partial charge in [0.2, 0.25) is 0 Å². The molecule has 1 aromatic carbocycles. The summed E-state index contributed by atoms with van der Waals surface area (Å²) >= 11 is 0. The standard InChI is InChI=1S/C16H22O3/c1-2-4-13-5-7-14(8-6-13)15(17)9-10-16-18-11-3-12-19-16/h5-8,16H,2-4,9-12H2,1H3. The summed E-state index contributed by atoms with van der Waals surface area (Å²) in [6.07, 6.45) is 4.08. The van der Waals surface area contributed by atoms with E-state index in [0.29, 0.717) is 12.8 Å². The van der Waals surface area contributed by atoms with Crippen molar-refractivity contribution in [2.24, 2.45) is 0 Å². The summed E-state index contributed by atoms with van der Waals surface area (Å²) in [4.78, 5) is 12.0. The van der Waals surface area contributed by atoms with Crippen molar-refractivity contribution in [2.45, 2.75) is 45.3 Å². The number of rotatable bonds is 6. The normalized spacial score (nSPS) is 16.5. The van der Waals surface area contributed by atoms with E-state index in [0.717, 1.165) is 38.0 Å². The van der Waals surface area contributed by atoms with E-state index >= 15 is 0 Å². The Kier molecular flexibility index (Phi) is 5.55. The number of benzene rings is 1. The van der Waals surface area contributed by atoms with Gasteiger partial charge in [-0.3, -0.25) is 4.79 Å². The van der Waals surface area contributed by atoms with E-state index in [1.165, 1.54) is 5.56 Å². The smallest absolute Gasteiger partial charge is 0.163 e. The Morgan fingerprint density at radius 3 is 2.53 bits per heavy atom. The highest BCUT2D eigenvalue weighted by atomic mass is 16.7. The Morgan fingerprint density at radius 2 is 1.89 bits per heavy atom. The maximum absolute atomic E-state index is 12.0. The second-order valence-corrected chi connectivity index (χ2v) is 4.93. The van der Waals surface area contributed by atoms with Crippen molar-refractivity contribution in [3.05, 3.63) is 35.4 Å². The predicted molar refractivity (Wildman–Crippen MR) is 74.3 cm³/mol. The van der Waals surface area contributed by atoms with Crippen molar-refractivity contribution >= 4 is 5.78 Å². The van der Waals surface area contributed by atoms with Gasteiger partial charge in [0.05, 0.1) is 13.2 Å². The minimum atomic E-state index is -0.197. The van der Waals surface area contributed by atoms with Crippen molar-refractivity contribution in [1.29, 1.82) is 0 Å². The maximum atomic E-state index is 12.0. The molecule has 104 valence electrons. The van der Waals surface area contributed by atoms with Crippen LogP contribution in [-0.2, 0) is 15.9 Å². The molecule has 0 radical (unpaired) electrons. The molecular formula is C16H22O3. The lowest BCUT2D eigenvalue weighted by atomic mass is 10.0. The first kappa shape index (κ1) is 14.2. The highest BCUT2D eigenvalue weighted by molar-refractivity contribution is 5.96. The highest BCUT2D eigenvalue weighted by Crippen LogP contribution is 2.14. The number of hydrogen-bond acceptors (Lipinski definition) is 3. The van der Waals surface area contributed by atoms with Crippen LogP contribution in [0.3, 0.4) is 0 Å². The summed E-state index contributed by atoms with van der Waals surface area (Å²) in [5, 5.41) is 0. The van der Waals surface area contributed by atoms with Gasteiger partial charge in [-0.25, -0.2) is 0 Å². The zero-order valence-corrected chi connectivity index (χ0v) is 11.6. The van der Waals surface area contributed by atoms with Crippen LogP contribution in [0.15, 0.2) is 24.3 Å².